The molecule has 0 radical (unpaired) electrons. The second-order valence-electron chi connectivity index (χ2n) is 5.02. The molecule has 0 spiro atoms. The Morgan fingerprint density at radius 1 is 1.35 bits per heavy atom. The normalized spacial score (nSPS) is 20.2. The van der Waals surface area contributed by atoms with Gasteiger partial charge in [0.1, 0.15) is 0 Å². The van der Waals surface area contributed by atoms with Crippen molar-refractivity contribution in [2.45, 2.75) is 6.10 Å². The van der Waals surface area contributed by atoms with Gasteiger partial charge in [0.2, 0.25) is 0 Å². The molecule has 1 saturated heterocycles. The smallest absolute Gasteiger partial charge is 0.159 e. The average Bonchev–Trinajstić information content (AvgIpc) is 2.47. The van der Waals surface area contributed by atoms with Crippen molar-refractivity contribution in [3.63, 3.8) is 0 Å². The standard InChI is InChI=1S/C14H17ClN4O/c1-19-6-7-20-10(9-19)8-16-14-12-5-3-2-4-11(12)13(15)17-18-14/h2-5,10H,6-9H2,1H3,(H,16,18). The first kappa shape index (κ1) is 13.5. The van der Waals surface area contributed by atoms with Crippen molar-refractivity contribution in [1.29, 1.82) is 0 Å². The van der Waals surface area contributed by atoms with Crippen LogP contribution in [0.5, 0.6) is 0 Å². The number of aromatic nitrogens is 2. The monoisotopic (exact) mass is 292 g/mol. The fourth-order valence-corrected chi connectivity index (χ4v) is 2.61. The molecule has 1 atom stereocenters. The number of benzene rings is 1. The number of anilines is 1. The number of fused-ring (bicyclic) bond motifs is 1. The van der Waals surface area contributed by atoms with Crippen molar-refractivity contribution in [2.75, 3.05) is 38.6 Å². The van der Waals surface area contributed by atoms with E-state index in [-0.39, 0.29) is 6.10 Å². The number of likely N-dealkylation sites (N-methyl/N-ethyl adjacent to an activating group) is 1. The molecule has 1 fully saturated rings. The lowest BCUT2D eigenvalue weighted by molar-refractivity contribution is -0.0117. The topological polar surface area (TPSA) is 50.3 Å². The molecule has 1 aliphatic heterocycles. The van der Waals surface area contributed by atoms with E-state index in [1.165, 1.54) is 0 Å². The molecule has 0 aliphatic carbocycles. The first-order valence-corrected chi connectivity index (χ1v) is 7.07. The van der Waals surface area contributed by atoms with Crippen molar-refractivity contribution in [3.05, 3.63) is 29.4 Å². The molecule has 20 heavy (non-hydrogen) atoms. The minimum Gasteiger partial charge on any atom is -0.374 e. The van der Waals surface area contributed by atoms with Crippen LogP contribution in [0.3, 0.4) is 0 Å². The van der Waals surface area contributed by atoms with Crippen molar-refractivity contribution >= 4 is 28.2 Å². The lowest BCUT2D eigenvalue weighted by Gasteiger charge is -2.30. The Balaban J connectivity index is 1.76. The Bertz CT molecular complexity index is 607. The Labute approximate surface area is 122 Å². The Morgan fingerprint density at radius 2 is 2.15 bits per heavy atom. The maximum atomic E-state index is 6.06. The number of ether oxygens (including phenoxy) is 1. The third-order valence-corrected chi connectivity index (χ3v) is 3.76. The maximum absolute atomic E-state index is 6.06. The van der Waals surface area contributed by atoms with Gasteiger partial charge < -0.3 is 15.0 Å². The molecule has 0 amide bonds. The van der Waals surface area contributed by atoms with Gasteiger partial charge in [0, 0.05) is 30.4 Å². The van der Waals surface area contributed by atoms with Crippen LogP contribution in [-0.2, 0) is 4.74 Å². The fourth-order valence-electron chi connectivity index (χ4n) is 2.40. The molecule has 1 N–H and O–H groups in total. The Hall–Kier alpha value is -1.43. The van der Waals surface area contributed by atoms with Gasteiger partial charge in [-0.15, -0.1) is 10.2 Å². The molecule has 5 nitrogen and oxygen atoms in total. The highest BCUT2D eigenvalue weighted by Gasteiger charge is 2.18. The van der Waals surface area contributed by atoms with Crippen LogP contribution >= 0.6 is 11.6 Å². The highest BCUT2D eigenvalue weighted by molar-refractivity contribution is 6.34. The van der Waals surface area contributed by atoms with E-state index < -0.39 is 0 Å². The zero-order valence-corrected chi connectivity index (χ0v) is 12.1. The van der Waals surface area contributed by atoms with Crippen LogP contribution in [0, 0.1) is 0 Å². The van der Waals surface area contributed by atoms with Crippen LogP contribution in [0.15, 0.2) is 24.3 Å². The first-order valence-electron chi connectivity index (χ1n) is 6.69. The van der Waals surface area contributed by atoms with E-state index in [1.54, 1.807) is 0 Å². The zero-order chi connectivity index (χ0) is 13.9. The van der Waals surface area contributed by atoms with Gasteiger partial charge in [-0.05, 0) is 7.05 Å². The number of hydrogen-bond donors (Lipinski definition) is 1. The Kier molecular flexibility index (Phi) is 4.00. The summed E-state index contributed by atoms with van der Waals surface area (Å²) in [6.45, 7) is 3.40. The molecule has 2 aromatic rings. The highest BCUT2D eigenvalue weighted by atomic mass is 35.5. The van der Waals surface area contributed by atoms with E-state index in [4.69, 9.17) is 16.3 Å². The quantitative estimate of drug-likeness (QED) is 0.938. The molecule has 6 heteroatoms. The van der Waals surface area contributed by atoms with E-state index in [1.807, 2.05) is 24.3 Å². The van der Waals surface area contributed by atoms with Gasteiger partial charge in [-0.25, -0.2) is 0 Å². The summed E-state index contributed by atoms with van der Waals surface area (Å²) in [5.74, 6) is 0.752. The molecular weight excluding hydrogens is 276 g/mol. The summed E-state index contributed by atoms with van der Waals surface area (Å²) in [7, 11) is 2.10. The van der Waals surface area contributed by atoms with Crippen LogP contribution in [0.2, 0.25) is 5.15 Å². The highest BCUT2D eigenvalue weighted by Crippen LogP contribution is 2.25. The van der Waals surface area contributed by atoms with E-state index in [9.17, 15) is 0 Å². The number of hydrogen-bond acceptors (Lipinski definition) is 5. The molecule has 0 bridgehead atoms. The Morgan fingerprint density at radius 3 is 2.95 bits per heavy atom. The molecule has 1 unspecified atom stereocenters. The van der Waals surface area contributed by atoms with Crippen LogP contribution < -0.4 is 5.32 Å². The molecule has 1 aromatic carbocycles. The molecule has 0 saturated carbocycles. The number of morpholine rings is 1. The number of nitrogens with one attached hydrogen (secondary N) is 1. The second-order valence-corrected chi connectivity index (χ2v) is 5.38. The summed E-state index contributed by atoms with van der Waals surface area (Å²) in [5, 5.41) is 13.8. The van der Waals surface area contributed by atoms with E-state index in [0.717, 1.165) is 36.3 Å². The molecule has 1 aliphatic rings. The lowest BCUT2D eigenvalue weighted by Crippen LogP contribution is -2.43. The van der Waals surface area contributed by atoms with Crippen molar-refractivity contribution in [3.8, 4) is 0 Å². The minimum absolute atomic E-state index is 0.171. The van der Waals surface area contributed by atoms with E-state index >= 15 is 0 Å². The molecular formula is C14H17ClN4O. The number of halogens is 1. The molecule has 1 aromatic heterocycles. The van der Waals surface area contributed by atoms with Crippen molar-refractivity contribution in [2.24, 2.45) is 0 Å². The van der Waals surface area contributed by atoms with Crippen molar-refractivity contribution < 1.29 is 4.74 Å². The van der Waals surface area contributed by atoms with Crippen LogP contribution in [0.1, 0.15) is 0 Å². The van der Waals surface area contributed by atoms with Crippen LogP contribution in [0.25, 0.3) is 10.8 Å². The molecule has 106 valence electrons. The van der Waals surface area contributed by atoms with Gasteiger partial charge in [-0.2, -0.15) is 0 Å². The van der Waals surface area contributed by atoms with Crippen LogP contribution in [-0.4, -0.2) is 54.5 Å². The third kappa shape index (κ3) is 2.85. The van der Waals surface area contributed by atoms with Gasteiger partial charge in [-0.1, -0.05) is 35.9 Å². The van der Waals surface area contributed by atoms with E-state index in [2.05, 4.69) is 27.5 Å². The minimum atomic E-state index is 0.171. The predicted octanol–water partition coefficient (Wildman–Crippen LogP) is 2.03. The van der Waals surface area contributed by atoms with E-state index in [0.29, 0.717) is 11.7 Å². The van der Waals surface area contributed by atoms with Gasteiger partial charge >= 0.3 is 0 Å². The fraction of sp³-hybridized carbons (Fsp3) is 0.429. The van der Waals surface area contributed by atoms with Crippen LogP contribution in [0.4, 0.5) is 5.82 Å². The van der Waals surface area contributed by atoms with Gasteiger partial charge in [0.15, 0.2) is 11.0 Å². The van der Waals surface area contributed by atoms with Gasteiger partial charge in [-0.3, -0.25) is 0 Å². The second kappa shape index (κ2) is 5.91. The first-order chi connectivity index (χ1) is 9.74. The summed E-state index contributed by atoms with van der Waals surface area (Å²) in [4.78, 5) is 2.27. The third-order valence-electron chi connectivity index (χ3n) is 3.48. The summed E-state index contributed by atoms with van der Waals surface area (Å²) in [6.07, 6.45) is 0.171. The molecule has 3 rings (SSSR count). The lowest BCUT2D eigenvalue weighted by atomic mass is 10.2. The maximum Gasteiger partial charge on any atom is 0.159 e. The summed E-state index contributed by atoms with van der Waals surface area (Å²) in [5.41, 5.74) is 0. The molecule has 2 heterocycles. The SMILES string of the molecule is CN1CCOC(CNc2nnc(Cl)c3ccccc23)C1. The van der Waals surface area contributed by atoms with Gasteiger partial charge in [0.25, 0.3) is 0 Å². The van der Waals surface area contributed by atoms with Gasteiger partial charge in [0.05, 0.1) is 12.7 Å². The largest absolute Gasteiger partial charge is 0.374 e. The zero-order valence-electron chi connectivity index (χ0n) is 11.3. The summed E-state index contributed by atoms with van der Waals surface area (Å²) < 4.78 is 5.73. The predicted molar refractivity (Wildman–Crippen MR) is 80.3 cm³/mol. The summed E-state index contributed by atoms with van der Waals surface area (Å²) >= 11 is 6.06. The van der Waals surface area contributed by atoms with Crippen molar-refractivity contribution in [1.82, 2.24) is 15.1 Å². The summed E-state index contributed by atoms with van der Waals surface area (Å²) in [6, 6.07) is 7.85. The number of nitrogens with zero attached hydrogens (tertiary/aromatic N) is 3. The number of rotatable bonds is 3. The average molecular weight is 293 g/mol.